The van der Waals surface area contributed by atoms with E-state index in [1.54, 1.807) is 6.92 Å². The lowest BCUT2D eigenvalue weighted by molar-refractivity contribution is 0.106. The van der Waals surface area contributed by atoms with Gasteiger partial charge in [-0.15, -0.1) is 10.2 Å². The maximum Gasteiger partial charge on any atom is 0.216 e. The smallest absolute Gasteiger partial charge is 0.216 e. The van der Waals surface area contributed by atoms with Gasteiger partial charge in [0.05, 0.1) is 6.10 Å². The number of hydrogen-bond acceptors (Lipinski definition) is 5. The Morgan fingerprint density at radius 2 is 2.24 bits per heavy atom. The lowest BCUT2D eigenvalue weighted by atomic mass is 10.2. The highest BCUT2D eigenvalue weighted by atomic mass is 16.4. The molecule has 0 bridgehead atoms. The molecular weight excluding hydrogens is 218 g/mol. The van der Waals surface area contributed by atoms with E-state index in [-0.39, 0.29) is 6.10 Å². The summed E-state index contributed by atoms with van der Waals surface area (Å²) < 4.78 is 5.30. The van der Waals surface area contributed by atoms with Crippen LogP contribution in [0.15, 0.2) is 4.42 Å². The molecule has 1 saturated carbocycles. The predicted molar refractivity (Wildman–Crippen MR) is 63.6 cm³/mol. The van der Waals surface area contributed by atoms with Crippen LogP contribution in [0, 0.1) is 12.8 Å². The Morgan fingerprint density at radius 1 is 1.47 bits per heavy atom. The highest BCUT2D eigenvalue weighted by Gasteiger charge is 2.30. The zero-order chi connectivity index (χ0) is 12.3. The number of aromatic nitrogens is 2. The number of likely N-dealkylation sites (N-methyl/N-ethyl adjacent to an activating group) is 1. The van der Waals surface area contributed by atoms with Crippen LogP contribution in [0.3, 0.4) is 0 Å². The maximum atomic E-state index is 9.80. The molecule has 1 aliphatic rings. The second-order valence-corrected chi connectivity index (χ2v) is 4.99. The molecule has 0 amide bonds. The fourth-order valence-corrected chi connectivity index (χ4v) is 1.98. The summed E-state index contributed by atoms with van der Waals surface area (Å²) in [5.74, 6) is 1.88. The largest absolute Gasteiger partial charge is 0.426 e. The number of nitrogens with zero attached hydrogens (tertiary/aromatic N) is 3. The summed E-state index contributed by atoms with van der Waals surface area (Å²) in [5.41, 5.74) is 0. The molecule has 5 heteroatoms. The first kappa shape index (κ1) is 12.5. The van der Waals surface area contributed by atoms with Crippen molar-refractivity contribution < 1.29 is 9.52 Å². The van der Waals surface area contributed by atoms with Gasteiger partial charge in [-0.2, -0.15) is 0 Å². The molecule has 5 nitrogen and oxygen atoms in total. The average molecular weight is 239 g/mol. The molecule has 1 aliphatic carbocycles. The fraction of sp³-hybridized carbons (Fsp3) is 0.833. The molecule has 96 valence electrons. The van der Waals surface area contributed by atoms with Crippen molar-refractivity contribution in [3.05, 3.63) is 11.8 Å². The number of rotatable bonds is 7. The van der Waals surface area contributed by atoms with Crippen LogP contribution in [-0.2, 0) is 6.42 Å². The Labute approximate surface area is 102 Å². The molecule has 17 heavy (non-hydrogen) atoms. The molecule has 1 unspecified atom stereocenters. The zero-order valence-electron chi connectivity index (χ0n) is 10.6. The van der Waals surface area contributed by atoms with Crippen LogP contribution in [-0.4, -0.2) is 46.4 Å². The highest BCUT2D eigenvalue weighted by molar-refractivity contribution is 4.83. The molecule has 1 aromatic heterocycles. The Balaban J connectivity index is 1.60. The van der Waals surface area contributed by atoms with Crippen molar-refractivity contribution in [1.82, 2.24) is 15.1 Å². The monoisotopic (exact) mass is 239 g/mol. The van der Waals surface area contributed by atoms with Gasteiger partial charge in [-0.3, -0.25) is 0 Å². The van der Waals surface area contributed by atoms with Gasteiger partial charge in [-0.1, -0.05) is 0 Å². The van der Waals surface area contributed by atoms with Crippen molar-refractivity contribution in [3.63, 3.8) is 0 Å². The summed E-state index contributed by atoms with van der Waals surface area (Å²) in [6.45, 7) is 3.52. The van der Waals surface area contributed by atoms with Crippen molar-refractivity contribution >= 4 is 0 Å². The minimum absolute atomic E-state index is 0.148. The molecule has 0 radical (unpaired) electrons. The van der Waals surface area contributed by atoms with E-state index >= 15 is 0 Å². The van der Waals surface area contributed by atoms with Crippen LogP contribution in [0.2, 0.25) is 0 Å². The summed E-state index contributed by atoms with van der Waals surface area (Å²) in [6, 6.07) is 0. The summed E-state index contributed by atoms with van der Waals surface area (Å²) in [7, 11) is 2.05. The van der Waals surface area contributed by atoms with Crippen LogP contribution < -0.4 is 0 Å². The minimum Gasteiger partial charge on any atom is -0.426 e. The summed E-state index contributed by atoms with van der Waals surface area (Å²) >= 11 is 0. The lowest BCUT2D eigenvalue weighted by Gasteiger charge is -2.19. The molecule has 1 fully saturated rings. The molecule has 1 atom stereocenters. The van der Waals surface area contributed by atoms with Crippen molar-refractivity contribution in [3.8, 4) is 0 Å². The molecule has 0 spiro atoms. The Morgan fingerprint density at radius 3 is 2.82 bits per heavy atom. The molecule has 0 aromatic carbocycles. The topological polar surface area (TPSA) is 62.4 Å². The quantitative estimate of drug-likeness (QED) is 0.769. The van der Waals surface area contributed by atoms with Gasteiger partial charge in [0.25, 0.3) is 0 Å². The van der Waals surface area contributed by atoms with E-state index < -0.39 is 0 Å². The van der Waals surface area contributed by atoms with Crippen molar-refractivity contribution in [1.29, 1.82) is 0 Å². The summed E-state index contributed by atoms with van der Waals surface area (Å²) in [5, 5.41) is 17.5. The average Bonchev–Trinajstić information content (AvgIpc) is 3.04. The second-order valence-electron chi connectivity index (χ2n) is 4.99. The predicted octanol–water partition coefficient (Wildman–Crippen LogP) is 1.01. The number of aryl methyl sites for hydroxylation is 2. The van der Waals surface area contributed by atoms with E-state index in [2.05, 4.69) is 15.1 Å². The third kappa shape index (κ3) is 4.09. The third-order valence-electron chi connectivity index (χ3n) is 3.16. The number of aliphatic hydroxyl groups is 1. The molecule has 1 aromatic rings. The highest BCUT2D eigenvalue weighted by Crippen LogP contribution is 2.32. The van der Waals surface area contributed by atoms with E-state index in [0.717, 1.165) is 25.9 Å². The first-order valence-electron chi connectivity index (χ1n) is 6.30. The first-order chi connectivity index (χ1) is 8.15. The van der Waals surface area contributed by atoms with E-state index in [1.807, 2.05) is 7.05 Å². The molecule has 0 saturated heterocycles. The van der Waals surface area contributed by atoms with Gasteiger partial charge in [0.1, 0.15) is 0 Å². The standard InChI is InChI=1S/C12H21N3O2/c1-9-13-14-12(17-9)4-3-7-15(2)8-11(16)10-5-6-10/h10-11,16H,3-8H2,1-2H3. The van der Waals surface area contributed by atoms with E-state index in [4.69, 9.17) is 4.42 Å². The number of aliphatic hydroxyl groups excluding tert-OH is 1. The molecule has 0 aliphatic heterocycles. The van der Waals surface area contributed by atoms with Gasteiger partial charge in [0, 0.05) is 19.9 Å². The van der Waals surface area contributed by atoms with Crippen LogP contribution in [0.1, 0.15) is 31.0 Å². The third-order valence-corrected chi connectivity index (χ3v) is 3.16. The second kappa shape index (κ2) is 5.60. The zero-order valence-corrected chi connectivity index (χ0v) is 10.6. The van der Waals surface area contributed by atoms with Crippen molar-refractivity contribution in [2.75, 3.05) is 20.1 Å². The van der Waals surface area contributed by atoms with Gasteiger partial charge in [-0.05, 0) is 38.8 Å². The minimum atomic E-state index is -0.148. The Bertz CT molecular complexity index is 349. The molecule has 2 rings (SSSR count). The molecule has 1 heterocycles. The Kier molecular flexibility index (Phi) is 4.12. The molecular formula is C12H21N3O2. The van der Waals surface area contributed by atoms with Crippen molar-refractivity contribution in [2.24, 2.45) is 5.92 Å². The SMILES string of the molecule is Cc1nnc(CCCN(C)CC(O)C2CC2)o1. The molecule has 1 N–H and O–H groups in total. The normalized spacial score (nSPS) is 17.6. The van der Waals surface area contributed by atoms with E-state index in [0.29, 0.717) is 17.7 Å². The van der Waals surface area contributed by atoms with E-state index in [1.165, 1.54) is 12.8 Å². The van der Waals surface area contributed by atoms with Gasteiger partial charge >= 0.3 is 0 Å². The fourth-order valence-electron chi connectivity index (χ4n) is 1.98. The lowest BCUT2D eigenvalue weighted by Crippen LogP contribution is -2.31. The van der Waals surface area contributed by atoms with Gasteiger partial charge in [0.15, 0.2) is 0 Å². The van der Waals surface area contributed by atoms with Gasteiger partial charge < -0.3 is 14.4 Å². The van der Waals surface area contributed by atoms with Crippen LogP contribution in [0.4, 0.5) is 0 Å². The first-order valence-corrected chi connectivity index (χ1v) is 6.30. The van der Waals surface area contributed by atoms with E-state index in [9.17, 15) is 5.11 Å². The van der Waals surface area contributed by atoms with Gasteiger partial charge in [0.2, 0.25) is 11.8 Å². The Hall–Kier alpha value is -0.940. The summed E-state index contributed by atoms with van der Waals surface area (Å²) in [6.07, 6.45) is 4.03. The van der Waals surface area contributed by atoms with Gasteiger partial charge in [-0.25, -0.2) is 0 Å². The van der Waals surface area contributed by atoms with Crippen molar-refractivity contribution in [2.45, 2.75) is 38.7 Å². The summed E-state index contributed by atoms with van der Waals surface area (Å²) in [4.78, 5) is 2.17. The maximum absolute atomic E-state index is 9.80. The van der Waals surface area contributed by atoms with Crippen LogP contribution >= 0.6 is 0 Å². The van der Waals surface area contributed by atoms with Crippen LogP contribution in [0.25, 0.3) is 0 Å². The van der Waals surface area contributed by atoms with Crippen LogP contribution in [0.5, 0.6) is 0 Å². The number of hydrogen-bond donors (Lipinski definition) is 1.